The van der Waals surface area contributed by atoms with Crippen LogP contribution in [0.25, 0.3) is 0 Å². The van der Waals surface area contributed by atoms with Gasteiger partial charge in [-0.3, -0.25) is 4.79 Å². The second-order valence-corrected chi connectivity index (χ2v) is 4.71. The van der Waals surface area contributed by atoms with Crippen LogP contribution in [0.1, 0.15) is 42.5 Å². The molecule has 4 nitrogen and oxygen atoms in total. The molecule has 0 bridgehead atoms. The average molecular weight is 247 g/mol. The number of aromatic nitrogens is 1. The Hall–Kier alpha value is -1.58. The van der Waals surface area contributed by atoms with Crippen LogP contribution in [0.3, 0.4) is 0 Å². The predicted molar refractivity (Wildman–Crippen MR) is 72.8 cm³/mol. The molecule has 0 aliphatic carbocycles. The molecule has 0 spiro atoms. The van der Waals surface area contributed by atoms with Crippen LogP contribution in [0.5, 0.6) is 0 Å². The summed E-state index contributed by atoms with van der Waals surface area (Å²) in [5, 5.41) is 2.98. The van der Waals surface area contributed by atoms with Crippen molar-refractivity contribution in [3.63, 3.8) is 0 Å². The Balaban J connectivity index is 2.13. The molecule has 1 aromatic rings. The molecule has 1 amide bonds. The van der Waals surface area contributed by atoms with E-state index >= 15 is 0 Å². The molecule has 0 radical (unpaired) electrons. The Bertz CT molecular complexity index is 398. The molecule has 98 valence electrons. The monoisotopic (exact) mass is 247 g/mol. The number of nitrogens with zero attached hydrogens (tertiary/aromatic N) is 2. The van der Waals surface area contributed by atoms with Crippen molar-refractivity contribution in [3.8, 4) is 0 Å². The summed E-state index contributed by atoms with van der Waals surface area (Å²) in [6.07, 6.45) is 7.69. The molecule has 1 saturated heterocycles. The van der Waals surface area contributed by atoms with Crippen LogP contribution in [0.15, 0.2) is 18.3 Å². The molecule has 2 heterocycles. The number of rotatable bonds is 2. The van der Waals surface area contributed by atoms with Crippen molar-refractivity contribution in [3.05, 3.63) is 23.9 Å². The molecule has 2 rings (SSSR count). The highest BCUT2D eigenvalue weighted by molar-refractivity contribution is 5.98. The molecule has 0 atom stereocenters. The third-order valence-corrected chi connectivity index (χ3v) is 3.42. The van der Waals surface area contributed by atoms with E-state index in [0.717, 1.165) is 25.9 Å². The van der Waals surface area contributed by atoms with Gasteiger partial charge in [0.15, 0.2) is 0 Å². The minimum Gasteiger partial charge on any atom is -0.372 e. The first-order valence-corrected chi connectivity index (χ1v) is 6.75. The second kappa shape index (κ2) is 6.38. The molecule has 0 saturated carbocycles. The molecule has 1 N–H and O–H groups in total. The first kappa shape index (κ1) is 12.9. The van der Waals surface area contributed by atoms with Gasteiger partial charge in [0.1, 0.15) is 5.82 Å². The van der Waals surface area contributed by atoms with Gasteiger partial charge in [0.05, 0.1) is 5.56 Å². The fourth-order valence-corrected chi connectivity index (χ4v) is 2.40. The molecule has 0 unspecified atom stereocenters. The van der Waals surface area contributed by atoms with E-state index in [9.17, 15) is 4.79 Å². The Kier molecular flexibility index (Phi) is 4.56. The molecule has 1 aromatic heterocycles. The maximum absolute atomic E-state index is 12.5. The third-order valence-electron chi connectivity index (χ3n) is 3.42. The fourth-order valence-electron chi connectivity index (χ4n) is 2.40. The SMILES string of the molecule is CNc1ncccc1C(=O)N1CCCCCCC1. The lowest BCUT2D eigenvalue weighted by atomic mass is 10.1. The quantitative estimate of drug-likeness (QED) is 0.873. The van der Waals surface area contributed by atoms with Crippen LogP contribution < -0.4 is 5.32 Å². The zero-order chi connectivity index (χ0) is 12.8. The number of hydrogen-bond donors (Lipinski definition) is 1. The first-order chi connectivity index (χ1) is 8.83. The number of pyridine rings is 1. The molecule has 4 heteroatoms. The zero-order valence-corrected chi connectivity index (χ0v) is 11.0. The molecule has 0 aromatic carbocycles. The van der Waals surface area contributed by atoms with Crippen LogP contribution in [-0.2, 0) is 0 Å². The highest BCUT2D eigenvalue weighted by atomic mass is 16.2. The summed E-state index contributed by atoms with van der Waals surface area (Å²) in [5.74, 6) is 0.777. The highest BCUT2D eigenvalue weighted by Crippen LogP contribution is 2.17. The van der Waals surface area contributed by atoms with Crippen molar-refractivity contribution >= 4 is 11.7 Å². The largest absolute Gasteiger partial charge is 0.372 e. The van der Waals surface area contributed by atoms with Gasteiger partial charge in [-0.1, -0.05) is 19.3 Å². The average Bonchev–Trinajstić information content (AvgIpc) is 2.37. The van der Waals surface area contributed by atoms with E-state index in [1.54, 1.807) is 13.2 Å². The van der Waals surface area contributed by atoms with E-state index in [-0.39, 0.29) is 5.91 Å². The van der Waals surface area contributed by atoms with Gasteiger partial charge in [-0.05, 0) is 25.0 Å². The van der Waals surface area contributed by atoms with Crippen molar-refractivity contribution in [2.45, 2.75) is 32.1 Å². The van der Waals surface area contributed by atoms with Crippen molar-refractivity contribution in [1.82, 2.24) is 9.88 Å². The summed E-state index contributed by atoms with van der Waals surface area (Å²) in [4.78, 5) is 18.7. The van der Waals surface area contributed by atoms with Crippen LogP contribution in [0.4, 0.5) is 5.82 Å². The molecule has 1 aliphatic heterocycles. The van der Waals surface area contributed by atoms with Crippen molar-refractivity contribution in [2.24, 2.45) is 0 Å². The second-order valence-electron chi connectivity index (χ2n) is 4.71. The molecular weight excluding hydrogens is 226 g/mol. The van der Waals surface area contributed by atoms with Gasteiger partial charge in [0.2, 0.25) is 0 Å². The van der Waals surface area contributed by atoms with Crippen molar-refractivity contribution < 1.29 is 4.79 Å². The van der Waals surface area contributed by atoms with Gasteiger partial charge in [-0.15, -0.1) is 0 Å². The predicted octanol–water partition coefficient (Wildman–Crippen LogP) is 2.53. The van der Waals surface area contributed by atoms with E-state index in [1.165, 1.54) is 19.3 Å². The van der Waals surface area contributed by atoms with Gasteiger partial charge in [0, 0.05) is 26.3 Å². The Morgan fingerprint density at radius 1 is 1.22 bits per heavy atom. The number of likely N-dealkylation sites (tertiary alicyclic amines) is 1. The zero-order valence-electron chi connectivity index (χ0n) is 11.0. The standard InChI is InChI=1S/C14H21N3O/c1-15-13-12(8-7-9-16-13)14(18)17-10-5-3-2-4-6-11-17/h7-9H,2-6,10-11H2,1H3,(H,15,16). The maximum atomic E-state index is 12.5. The number of carbonyl (C=O) groups excluding carboxylic acids is 1. The lowest BCUT2D eigenvalue weighted by Crippen LogP contribution is -2.34. The lowest BCUT2D eigenvalue weighted by Gasteiger charge is -2.25. The molecular formula is C14H21N3O. The van der Waals surface area contributed by atoms with Gasteiger partial charge >= 0.3 is 0 Å². The van der Waals surface area contributed by atoms with E-state index in [0.29, 0.717) is 11.4 Å². The number of amides is 1. The maximum Gasteiger partial charge on any atom is 0.257 e. The Labute approximate surface area is 108 Å². The number of nitrogens with one attached hydrogen (secondary N) is 1. The van der Waals surface area contributed by atoms with Crippen molar-refractivity contribution in [2.75, 3.05) is 25.5 Å². The van der Waals surface area contributed by atoms with Crippen LogP contribution in [0, 0.1) is 0 Å². The van der Waals surface area contributed by atoms with E-state index < -0.39 is 0 Å². The number of hydrogen-bond acceptors (Lipinski definition) is 3. The normalized spacial score (nSPS) is 16.8. The summed E-state index contributed by atoms with van der Waals surface area (Å²) in [6, 6.07) is 3.66. The van der Waals surface area contributed by atoms with Crippen LogP contribution >= 0.6 is 0 Å². The summed E-state index contributed by atoms with van der Waals surface area (Å²) in [7, 11) is 1.80. The van der Waals surface area contributed by atoms with E-state index in [4.69, 9.17) is 0 Å². The number of anilines is 1. The van der Waals surface area contributed by atoms with Gasteiger partial charge in [0.25, 0.3) is 5.91 Å². The summed E-state index contributed by atoms with van der Waals surface area (Å²) in [5.41, 5.74) is 0.681. The van der Waals surface area contributed by atoms with Crippen LogP contribution in [-0.4, -0.2) is 35.9 Å². The Morgan fingerprint density at radius 2 is 1.89 bits per heavy atom. The number of carbonyl (C=O) groups is 1. The van der Waals surface area contributed by atoms with Gasteiger partial charge in [-0.25, -0.2) is 4.98 Å². The lowest BCUT2D eigenvalue weighted by molar-refractivity contribution is 0.0743. The van der Waals surface area contributed by atoms with E-state index in [2.05, 4.69) is 10.3 Å². The Morgan fingerprint density at radius 3 is 2.56 bits per heavy atom. The fraction of sp³-hybridized carbons (Fsp3) is 0.571. The molecule has 18 heavy (non-hydrogen) atoms. The van der Waals surface area contributed by atoms with E-state index in [1.807, 2.05) is 17.0 Å². The third kappa shape index (κ3) is 3.00. The highest BCUT2D eigenvalue weighted by Gasteiger charge is 2.19. The van der Waals surface area contributed by atoms with Crippen LogP contribution in [0.2, 0.25) is 0 Å². The minimum atomic E-state index is 0.106. The van der Waals surface area contributed by atoms with Gasteiger partial charge in [-0.2, -0.15) is 0 Å². The molecule has 1 aliphatic rings. The topological polar surface area (TPSA) is 45.2 Å². The molecule has 1 fully saturated rings. The minimum absolute atomic E-state index is 0.106. The van der Waals surface area contributed by atoms with Gasteiger partial charge < -0.3 is 10.2 Å². The summed E-state index contributed by atoms with van der Waals surface area (Å²) in [6.45, 7) is 1.74. The summed E-state index contributed by atoms with van der Waals surface area (Å²) >= 11 is 0. The smallest absolute Gasteiger partial charge is 0.257 e. The van der Waals surface area contributed by atoms with Crippen molar-refractivity contribution in [1.29, 1.82) is 0 Å². The summed E-state index contributed by atoms with van der Waals surface area (Å²) < 4.78 is 0. The first-order valence-electron chi connectivity index (χ1n) is 6.75.